The van der Waals surface area contributed by atoms with Gasteiger partial charge in [0.05, 0.1) is 0 Å². The summed E-state index contributed by atoms with van der Waals surface area (Å²) in [6.45, 7) is 4.39. The maximum atomic E-state index is 3.35. The van der Waals surface area contributed by atoms with Crippen LogP contribution >= 0.6 is 0 Å². The third-order valence-electron chi connectivity index (χ3n) is 3.32. The molecular weight excluding hydrogens is 180 g/mol. The number of fused-ring (bicyclic) bond motifs is 3. The molecule has 73 valence electrons. The minimum Gasteiger partial charge on any atom is -0.0610 e. The molecule has 0 N–H and O–H groups in total. The number of aryl methyl sites for hydroxylation is 2. The Kier molecular flexibility index (Phi) is 1.72. The summed E-state index contributed by atoms with van der Waals surface area (Å²) >= 11 is 0. The maximum Gasteiger partial charge on any atom is -0.000455 e. The first-order valence-electron chi connectivity index (χ1n) is 5.36. The van der Waals surface area contributed by atoms with Crippen molar-refractivity contribution in [3.05, 3.63) is 58.7 Å². The molecule has 0 amide bonds. The fourth-order valence-electron chi connectivity index (χ4n) is 2.50. The highest BCUT2D eigenvalue weighted by Gasteiger charge is 2.20. The Bertz CT molecular complexity index is 536. The van der Waals surface area contributed by atoms with E-state index < -0.39 is 0 Å². The minimum absolute atomic E-state index is 1.05. The first-order valence-corrected chi connectivity index (χ1v) is 5.36. The summed E-state index contributed by atoms with van der Waals surface area (Å²) in [5.74, 6) is 0. The molecule has 15 heavy (non-hydrogen) atoms. The molecule has 0 unspecified atom stereocenters. The van der Waals surface area contributed by atoms with Gasteiger partial charge >= 0.3 is 0 Å². The smallest absolute Gasteiger partial charge is 0.000455 e. The fraction of sp³-hybridized carbons (Fsp3) is 0.200. The lowest BCUT2D eigenvalue weighted by Crippen LogP contribution is -1.88. The summed E-state index contributed by atoms with van der Waals surface area (Å²) < 4.78 is 0. The molecule has 1 aliphatic carbocycles. The van der Waals surface area contributed by atoms with Gasteiger partial charge in [-0.3, -0.25) is 0 Å². The monoisotopic (exact) mass is 193 g/mol. The fourth-order valence-corrected chi connectivity index (χ4v) is 2.50. The second-order valence-electron chi connectivity index (χ2n) is 4.29. The van der Waals surface area contributed by atoms with Gasteiger partial charge in [-0.2, -0.15) is 0 Å². The molecule has 0 nitrogen and oxygen atoms in total. The number of hydrogen-bond donors (Lipinski definition) is 0. The summed E-state index contributed by atoms with van der Waals surface area (Å²) in [4.78, 5) is 0. The van der Waals surface area contributed by atoms with E-state index in [-0.39, 0.29) is 0 Å². The highest BCUT2D eigenvalue weighted by Crippen LogP contribution is 2.39. The Balaban J connectivity index is 2.37. The van der Waals surface area contributed by atoms with Crippen molar-refractivity contribution in [2.45, 2.75) is 20.3 Å². The van der Waals surface area contributed by atoms with Crippen LogP contribution in [0.2, 0.25) is 0 Å². The molecule has 1 radical (unpaired) electrons. The summed E-state index contributed by atoms with van der Waals surface area (Å²) in [5, 5.41) is 0. The lowest BCUT2D eigenvalue weighted by Gasteiger charge is -2.07. The van der Waals surface area contributed by atoms with Crippen molar-refractivity contribution in [2.24, 2.45) is 0 Å². The van der Waals surface area contributed by atoms with Crippen LogP contribution in [0.15, 0.2) is 30.3 Å². The van der Waals surface area contributed by atoms with Gasteiger partial charge in [0.1, 0.15) is 0 Å². The van der Waals surface area contributed by atoms with Gasteiger partial charge in [0.15, 0.2) is 0 Å². The van der Waals surface area contributed by atoms with Gasteiger partial charge in [0.25, 0.3) is 0 Å². The predicted molar refractivity (Wildman–Crippen MR) is 63.0 cm³/mol. The van der Waals surface area contributed by atoms with Gasteiger partial charge in [-0.05, 0) is 59.7 Å². The Labute approximate surface area is 90.6 Å². The highest BCUT2D eigenvalue weighted by atomic mass is 14.2. The molecule has 0 saturated heterocycles. The highest BCUT2D eigenvalue weighted by molar-refractivity contribution is 5.80. The topological polar surface area (TPSA) is 0 Å². The molecule has 2 aromatic rings. The number of hydrogen-bond acceptors (Lipinski definition) is 0. The van der Waals surface area contributed by atoms with E-state index in [2.05, 4.69) is 44.2 Å². The van der Waals surface area contributed by atoms with Crippen LogP contribution in [0.5, 0.6) is 0 Å². The van der Waals surface area contributed by atoms with E-state index in [0.29, 0.717) is 0 Å². The van der Waals surface area contributed by atoms with Crippen LogP contribution < -0.4 is 0 Å². The van der Waals surface area contributed by atoms with Crippen molar-refractivity contribution in [1.29, 1.82) is 0 Å². The first-order chi connectivity index (χ1) is 7.27. The van der Waals surface area contributed by atoms with E-state index in [4.69, 9.17) is 0 Å². The molecule has 1 aliphatic rings. The molecule has 0 heteroatoms. The predicted octanol–water partition coefficient (Wildman–Crippen LogP) is 3.67. The first kappa shape index (κ1) is 8.72. The number of benzene rings is 2. The maximum absolute atomic E-state index is 3.35. The standard InChI is InChI=1S/C15H13/c1-10-7-8-11(2)15-13-6-4-3-5-12(13)9-14(10)15/h3-4,6-8H,9H2,1-2H3. The normalized spacial score (nSPS) is 12.4. The van der Waals surface area contributed by atoms with Crippen molar-refractivity contribution in [3.63, 3.8) is 0 Å². The van der Waals surface area contributed by atoms with Gasteiger partial charge in [-0.25, -0.2) is 0 Å². The van der Waals surface area contributed by atoms with Crippen LogP contribution in [-0.4, -0.2) is 0 Å². The Morgan fingerprint density at radius 3 is 2.73 bits per heavy atom. The lowest BCUT2D eigenvalue weighted by atomic mass is 9.97. The van der Waals surface area contributed by atoms with E-state index in [1.807, 2.05) is 6.07 Å². The van der Waals surface area contributed by atoms with Crippen LogP contribution in [0, 0.1) is 19.9 Å². The molecule has 0 aliphatic heterocycles. The summed E-state index contributed by atoms with van der Waals surface area (Å²) in [5.41, 5.74) is 8.46. The molecule has 0 fully saturated rings. The second-order valence-corrected chi connectivity index (χ2v) is 4.29. The van der Waals surface area contributed by atoms with Crippen molar-refractivity contribution >= 4 is 0 Å². The van der Waals surface area contributed by atoms with Crippen LogP contribution in [0.4, 0.5) is 0 Å². The Hall–Kier alpha value is -1.56. The van der Waals surface area contributed by atoms with E-state index >= 15 is 0 Å². The summed E-state index contributed by atoms with van der Waals surface area (Å²) in [6, 6.07) is 14.1. The molecule has 2 aromatic carbocycles. The summed E-state index contributed by atoms with van der Waals surface area (Å²) in [7, 11) is 0. The average Bonchev–Trinajstić information content (AvgIpc) is 2.64. The van der Waals surface area contributed by atoms with Crippen molar-refractivity contribution in [3.8, 4) is 11.1 Å². The molecule has 0 aromatic heterocycles. The molecule has 0 spiro atoms. The van der Waals surface area contributed by atoms with Crippen LogP contribution in [0.1, 0.15) is 22.3 Å². The van der Waals surface area contributed by atoms with E-state index in [0.717, 1.165) is 6.42 Å². The zero-order valence-corrected chi connectivity index (χ0v) is 9.09. The zero-order valence-electron chi connectivity index (χ0n) is 9.09. The average molecular weight is 193 g/mol. The van der Waals surface area contributed by atoms with Gasteiger partial charge < -0.3 is 0 Å². The Morgan fingerprint density at radius 1 is 1.07 bits per heavy atom. The Morgan fingerprint density at radius 2 is 1.87 bits per heavy atom. The van der Waals surface area contributed by atoms with Gasteiger partial charge in [0, 0.05) is 0 Å². The van der Waals surface area contributed by atoms with Crippen molar-refractivity contribution in [2.75, 3.05) is 0 Å². The van der Waals surface area contributed by atoms with Crippen LogP contribution in [-0.2, 0) is 6.42 Å². The van der Waals surface area contributed by atoms with E-state index in [1.54, 1.807) is 0 Å². The third kappa shape index (κ3) is 1.14. The number of rotatable bonds is 0. The molecule has 0 atom stereocenters. The zero-order chi connectivity index (χ0) is 10.4. The van der Waals surface area contributed by atoms with E-state index in [9.17, 15) is 0 Å². The molecular formula is C15H13. The van der Waals surface area contributed by atoms with Gasteiger partial charge in [-0.1, -0.05) is 30.3 Å². The molecule has 0 heterocycles. The second kappa shape index (κ2) is 2.96. The van der Waals surface area contributed by atoms with Gasteiger partial charge in [0.2, 0.25) is 0 Å². The van der Waals surface area contributed by atoms with Crippen molar-refractivity contribution < 1.29 is 0 Å². The van der Waals surface area contributed by atoms with Crippen molar-refractivity contribution in [1.82, 2.24) is 0 Å². The molecule has 0 saturated carbocycles. The minimum atomic E-state index is 1.05. The van der Waals surface area contributed by atoms with E-state index in [1.165, 1.54) is 33.4 Å². The molecule has 3 rings (SSSR count). The largest absolute Gasteiger partial charge is 0.0610 e. The summed E-state index contributed by atoms with van der Waals surface area (Å²) in [6.07, 6.45) is 1.05. The van der Waals surface area contributed by atoms with Crippen LogP contribution in [0.25, 0.3) is 11.1 Å². The SMILES string of the molecule is Cc1ccc(C)c2c1Cc1[c]cccc1-2. The molecule has 0 bridgehead atoms. The van der Waals surface area contributed by atoms with Gasteiger partial charge in [-0.15, -0.1) is 0 Å². The third-order valence-corrected chi connectivity index (χ3v) is 3.32. The quantitative estimate of drug-likeness (QED) is 0.511. The van der Waals surface area contributed by atoms with Crippen LogP contribution in [0.3, 0.4) is 0 Å². The lowest BCUT2D eigenvalue weighted by molar-refractivity contribution is 1.21.